The average molecular weight is 420 g/mol. The lowest BCUT2D eigenvalue weighted by atomic mass is 9.65. The summed E-state index contributed by atoms with van der Waals surface area (Å²) >= 11 is 0. The fourth-order valence-electron chi connectivity index (χ4n) is 5.86. The van der Waals surface area contributed by atoms with Crippen molar-refractivity contribution in [3.8, 4) is 0 Å². The van der Waals surface area contributed by atoms with E-state index in [9.17, 15) is 9.59 Å². The Morgan fingerprint density at radius 1 is 0.774 bits per heavy atom. The molecule has 0 saturated carbocycles. The van der Waals surface area contributed by atoms with Gasteiger partial charge in [0.1, 0.15) is 11.5 Å². The molecule has 2 aliphatic heterocycles. The highest BCUT2D eigenvalue weighted by molar-refractivity contribution is 6.06. The van der Waals surface area contributed by atoms with Crippen LogP contribution in [0.5, 0.6) is 0 Å². The minimum absolute atomic E-state index is 0.119. The summed E-state index contributed by atoms with van der Waals surface area (Å²) in [5.74, 6) is 1.55. The molecule has 0 bridgehead atoms. The van der Waals surface area contributed by atoms with Crippen LogP contribution in [-0.4, -0.2) is 24.7 Å². The highest BCUT2D eigenvalue weighted by atomic mass is 16.5. The van der Waals surface area contributed by atoms with Crippen LogP contribution in [0.2, 0.25) is 0 Å². The monoisotopic (exact) mass is 419 g/mol. The van der Waals surface area contributed by atoms with Crippen LogP contribution in [0.1, 0.15) is 77.7 Å². The molecule has 2 aliphatic carbocycles. The van der Waals surface area contributed by atoms with Gasteiger partial charge in [0.05, 0.1) is 0 Å². The molecule has 0 radical (unpaired) electrons. The molecule has 4 nitrogen and oxygen atoms in total. The quantitative estimate of drug-likeness (QED) is 0.618. The van der Waals surface area contributed by atoms with E-state index in [4.69, 9.17) is 4.74 Å². The smallest absolute Gasteiger partial charge is 0.163 e. The van der Waals surface area contributed by atoms with Crippen LogP contribution in [0.3, 0.4) is 0 Å². The Balaban J connectivity index is 1.61. The summed E-state index contributed by atoms with van der Waals surface area (Å²) in [7, 11) is 0. The van der Waals surface area contributed by atoms with E-state index >= 15 is 0 Å². The molecule has 2 heterocycles. The van der Waals surface area contributed by atoms with Crippen molar-refractivity contribution in [3.63, 3.8) is 0 Å². The normalized spacial score (nSPS) is 25.5. The van der Waals surface area contributed by atoms with Crippen molar-refractivity contribution >= 4 is 17.3 Å². The minimum Gasteiger partial charge on any atom is -0.465 e. The number of hydrogen-bond acceptors (Lipinski definition) is 4. The maximum Gasteiger partial charge on any atom is 0.163 e. The number of hydrogen-bond donors (Lipinski definition) is 0. The first-order chi connectivity index (χ1) is 14.6. The number of carbonyl (C=O) groups is 2. The van der Waals surface area contributed by atoms with E-state index < -0.39 is 0 Å². The Morgan fingerprint density at radius 3 is 1.74 bits per heavy atom. The van der Waals surface area contributed by atoms with E-state index in [0.29, 0.717) is 12.8 Å². The van der Waals surface area contributed by atoms with Gasteiger partial charge in [0.15, 0.2) is 11.6 Å². The van der Waals surface area contributed by atoms with Crippen LogP contribution >= 0.6 is 0 Å². The molecule has 4 aliphatic rings. The van der Waals surface area contributed by atoms with Crippen LogP contribution in [0.25, 0.3) is 0 Å². The molecule has 1 aromatic rings. The number of ketones is 2. The summed E-state index contributed by atoms with van der Waals surface area (Å²) in [5.41, 5.74) is 3.47. The predicted molar refractivity (Wildman–Crippen MR) is 122 cm³/mol. The number of carbonyl (C=O) groups excluding carboxylic acids is 2. The SMILES string of the molecule is CC1(C)CC(=O)C2=C(C1)OC1=C(C(=O)CC(C)(C)C1)C2c1ccc(N2CCCC2)cc1. The zero-order valence-electron chi connectivity index (χ0n) is 19.2. The second-order valence-electron chi connectivity index (χ2n) is 11.4. The van der Waals surface area contributed by atoms with Crippen molar-refractivity contribution in [2.45, 2.75) is 72.1 Å². The number of ether oxygens (including phenoxy) is 1. The Hall–Kier alpha value is -2.36. The predicted octanol–water partition coefficient (Wildman–Crippen LogP) is 5.69. The van der Waals surface area contributed by atoms with Gasteiger partial charge in [0, 0.05) is 61.5 Å². The molecular formula is C27H33NO3. The Morgan fingerprint density at radius 2 is 1.26 bits per heavy atom. The third-order valence-corrected chi connectivity index (χ3v) is 7.28. The van der Waals surface area contributed by atoms with Gasteiger partial charge in [-0.25, -0.2) is 0 Å². The van der Waals surface area contributed by atoms with Gasteiger partial charge in [0.2, 0.25) is 0 Å². The molecule has 0 N–H and O–H groups in total. The van der Waals surface area contributed by atoms with E-state index in [1.54, 1.807) is 0 Å². The number of allylic oxidation sites excluding steroid dienone is 4. The first kappa shape index (κ1) is 20.5. The zero-order chi connectivity index (χ0) is 22.0. The van der Waals surface area contributed by atoms with Crippen molar-refractivity contribution in [2.75, 3.05) is 18.0 Å². The number of anilines is 1. The summed E-state index contributed by atoms with van der Waals surface area (Å²) in [4.78, 5) is 29.1. The van der Waals surface area contributed by atoms with E-state index in [1.165, 1.54) is 18.5 Å². The van der Waals surface area contributed by atoms with Crippen LogP contribution in [-0.2, 0) is 14.3 Å². The molecule has 1 aromatic carbocycles. The Labute approximate surface area is 185 Å². The number of benzene rings is 1. The van der Waals surface area contributed by atoms with E-state index in [0.717, 1.165) is 54.2 Å². The summed E-state index contributed by atoms with van der Waals surface area (Å²) in [5, 5.41) is 0. The van der Waals surface area contributed by atoms with Crippen LogP contribution in [0.15, 0.2) is 46.9 Å². The van der Waals surface area contributed by atoms with Gasteiger partial charge in [-0.1, -0.05) is 39.8 Å². The molecule has 164 valence electrons. The van der Waals surface area contributed by atoms with Gasteiger partial charge in [-0.2, -0.15) is 0 Å². The highest BCUT2D eigenvalue weighted by Gasteiger charge is 2.47. The summed E-state index contributed by atoms with van der Waals surface area (Å²) in [6.07, 6.45) is 4.95. The molecule has 0 atom stereocenters. The molecule has 31 heavy (non-hydrogen) atoms. The number of nitrogens with zero attached hydrogens (tertiary/aromatic N) is 1. The fraction of sp³-hybridized carbons (Fsp3) is 0.556. The molecule has 0 unspecified atom stereocenters. The van der Waals surface area contributed by atoms with Gasteiger partial charge in [0.25, 0.3) is 0 Å². The Kier molecular flexibility index (Phi) is 4.69. The lowest BCUT2D eigenvalue weighted by molar-refractivity contribution is -0.120. The maximum atomic E-state index is 13.3. The maximum absolute atomic E-state index is 13.3. The van der Waals surface area contributed by atoms with E-state index in [-0.39, 0.29) is 28.3 Å². The topological polar surface area (TPSA) is 46.6 Å². The molecular weight excluding hydrogens is 386 g/mol. The van der Waals surface area contributed by atoms with Gasteiger partial charge in [-0.3, -0.25) is 9.59 Å². The van der Waals surface area contributed by atoms with E-state index in [2.05, 4.69) is 56.9 Å². The molecule has 0 spiro atoms. The van der Waals surface area contributed by atoms with Gasteiger partial charge in [-0.05, 0) is 41.4 Å². The third kappa shape index (κ3) is 3.64. The second-order valence-corrected chi connectivity index (χ2v) is 11.4. The summed E-state index contributed by atoms with van der Waals surface area (Å²) in [6.45, 7) is 10.7. The van der Waals surface area contributed by atoms with Gasteiger partial charge < -0.3 is 9.64 Å². The first-order valence-electron chi connectivity index (χ1n) is 11.7. The summed E-state index contributed by atoms with van der Waals surface area (Å²) < 4.78 is 6.37. The van der Waals surface area contributed by atoms with Gasteiger partial charge in [-0.15, -0.1) is 0 Å². The van der Waals surface area contributed by atoms with Crippen LogP contribution in [0, 0.1) is 10.8 Å². The molecule has 4 heteroatoms. The van der Waals surface area contributed by atoms with Crippen molar-refractivity contribution < 1.29 is 14.3 Å². The third-order valence-electron chi connectivity index (χ3n) is 7.28. The fourth-order valence-corrected chi connectivity index (χ4v) is 5.86. The van der Waals surface area contributed by atoms with Crippen molar-refractivity contribution in [2.24, 2.45) is 10.8 Å². The lowest BCUT2D eigenvalue weighted by Gasteiger charge is -2.42. The highest BCUT2D eigenvalue weighted by Crippen LogP contribution is 2.53. The minimum atomic E-state index is -0.293. The second kappa shape index (κ2) is 7.08. The molecule has 1 fully saturated rings. The molecule has 0 aromatic heterocycles. The summed E-state index contributed by atoms with van der Waals surface area (Å²) in [6, 6.07) is 8.56. The zero-order valence-corrected chi connectivity index (χ0v) is 19.2. The first-order valence-corrected chi connectivity index (χ1v) is 11.7. The number of Topliss-reactive ketones (excluding diaryl/α,β-unsaturated/α-hetero) is 2. The lowest BCUT2D eigenvalue weighted by Crippen LogP contribution is -2.37. The van der Waals surface area contributed by atoms with Crippen molar-refractivity contribution in [3.05, 3.63) is 52.5 Å². The van der Waals surface area contributed by atoms with Crippen molar-refractivity contribution in [1.82, 2.24) is 0 Å². The largest absolute Gasteiger partial charge is 0.465 e. The average Bonchev–Trinajstić information content (AvgIpc) is 3.19. The standard InChI is InChI=1S/C27H33NO3/c1-26(2)13-19(29)24-21(15-26)31-22-16-27(3,4)14-20(30)25(22)23(24)17-7-9-18(10-8-17)28-11-5-6-12-28/h7-10,23H,5-6,11-16H2,1-4H3. The van der Waals surface area contributed by atoms with E-state index in [1.807, 2.05) is 0 Å². The van der Waals surface area contributed by atoms with Crippen LogP contribution in [0.4, 0.5) is 5.69 Å². The molecule has 0 amide bonds. The molecule has 5 rings (SSSR count). The van der Waals surface area contributed by atoms with Crippen LogP contribution < -0.4 is 4.90 Å². The van der Waals surface area contributed by atoms with Crippen molar-refractivity contribution in [1.29, 1.82) is 0 Å². The molecule has 1 saturated heterocycles. The van der Waals surface area contributed by atoms with Gasteiger partial charge >= 0.3 is 0 Å². The Bertz CT molecular complexity index is 951. The number of rotatable bonds is 2.